The van der Waals surface area contributed by atoms with Crippen LogP contribution in [0.15, 0.2) is 0 Å². The maximum absolute atomic E-state index is 10.6. The molecule has 0 aromatic rings. The Morgan fingerprint density at radius 2 is 2.62 bits per heavy atom. The minimum Gasteiger partial charge on any atom is -0.336 e. The Morgan fingerprint density at radius 3 is 2.75 bits per heavy atom. The fourth-order valence-corrected chi connectivity index (χ4v) is 1.14. The van der Waals surface area contributed by atoms with Gasteiger partial charge in [0.15, 0.2) is 0 Å². The lowest BCUT2D eigenvalue weighted by Crippen LogP contribution is -2.23. The fraction of sp³-hybridized carbons (Fsp3) is 0.800. The van der Waals surface area contributed by atoms with Crippen LogP contribution in [0.2, 0.25) is 0 Å². The van der Waals surface area contributed by atoms with Crippen LogP contribution in [0.4, 0.5) is 4.79 Å². The van der Waals surface area contributed by atoms with Gasteiger partial charge in [-0.25, -0.2) is 4.79 Å². The van der Waals surface area contributed by atoms with Gasteiger partial charge in [0, 0.05) is 13.1 Å². The molecule has 0 saturated carbocycles. The summed E-state index contributed by atoms with van der Waals surface area (Å²) >= 11 is 0. The SMILES string of the molecule is CC12CNC(=O)N1C2. The van der Waals surface area contributed by atoms with Crippen LogP contribution in [-0.2, 0) is 0 Å². The number of nitrogens with one attached hydrogen (secondary N) is 1. The molecule has 8 heavy (non-hydrogen) atoms. The Morgan fingerprint density at radius 1 is 1.88 bits per heavy atom. The lowest BCUT2D eigenvalue weighted by atomic mass is 10.2. The smallest absolute Gasteiger partial charge is 0.318 e. The summed E-state index contributed by atoms with van der Waals surface area (Å²) in [7, 11) is 0. The zero-order valence-corrected chi connectivity index (χ0v) is 4.77. The van der Waals surface area contributed by atoms with Crippen molar-refractivity contribution in [2.75, 3.05) is 13.1 Å². The van der Waals surface area contributed by atoms with Crippen LogP contribution in [0.3, 0.4) is 0 Å². The van der Waals surface area contributed by atoms with Crippen molar-refractivity contribution >= 4 is 6.03 Å². The van der Waals surface area contributed by atoms with Gasteiger partial charge in [-0.15, -0.1) is 0 Å². The number of urea groups is 1. The third-order valence-corrected chi connectivity index (χ3v) is 1.91. The van der Waals surface area contributed by atoms with E-state index in [0.29, 0.717) is 0 Å². The van der Waals surface area contributed by atoms with E-state index in [9.17, 15) is 4.79 Å². The highest BCUT2D eigenvalue weighted by atomic mass is 16.2. The molecule has 1 atom stereocenters. The summed E-state index contributed by atoms with van der Waals surface area (Å²) in [6, 6.07) is 0.104. The summed E-state index contributed by atoms with van der Waals surface area (Å²) in [5.74, 6) is 0. The molecule has 44 valence electrons. The van der Waals surface area contributed by atoms with Gasteiger partial charge in [0.1, 0.15) is 0 Å². The molecule has 0 spiro atoms. The van der Waals surface area contributed by atoms with E-state index in [1.165, 1.54) is 0 Å². The average molecular weight is 112 g/mol. The minimum atomic E-state index is 0.104. The molecule has 2 rings (SSSR count). The van der Waals surface area contributed by atoms with Crippen molar-refractivity contribution in [3.05, 3.63) is 0 Å². The molecule has 2 aliphatic rings. The zero-order chi connectivity index (χ0) is 5.78. The van der Waals surface area contributed by atoms with Crippen molar-refractivity contribution in [3.63, 3.8) is 0 Å². The quantitative estimate of drug-likeness (QED) is 0.432. The first-order valence-electron chi connectivity index (χ1n) is 2.78. The van der Waals surface area contributed by atoms with Gasteiger partial charge in [-0.1, -0.05) is 0 Å². The molecule has 2 amide bonds. The molecule has 3 heteroatoms. The van der Waals surface area contributed by atoms with Crippen LogP contribution < -0.4 is 5.32 Å². The normalized spacial score (nSPS) is 41.6. The van der Waals surface area contributed by atoms with Crippen LogP contribution in [0.25, 0.3) is 0 Å². The number of amides is 2. The number of rotatable bonds is 0. The molecule has 0 aromatic carbocycles. The first kappa shape index (κ1) is 4.18. The fourth-order valence-electron chi connectivity index (χ4n) is 1.14. The van der Waals surface area contributed by atoms with E-state index >= 15 is 0 Å². The van der Waals surface area contributed by atoms with Gasteiger partial charge in [0.2, 0.25) is 0 Å². The van der Waals surface area contributed by atoms with Crippen molar-refractivity contribution in [1.29, 1.82) is 0 Å². The van der Waals surface area contributed by atoms with Crippen LogP contribution in [0.1, 0.15) is 6.92 Å². The lowest BCUT2D eigenvalue weighted by molar-refractivity contribution is 0.235. The van der Waals surface area contributed by atoms with Gasteiger partial charge >= 0.3 is 6.03 Å². The van der Waals surface area contributed by atoms with E-state index < -0.39 is 0 Å². The van der Waals surface area contributed by atoms with Gasteiger partial charge in [-0.2, -0.15) is 0 Å². The second-order valence-corrected chi connectivity index (χ2v) is 2.74. The third-order valence-electron chi connectivity index (χ3n) is 1.91. The van der Waals surface area contributed by atoms with E-state index in [1.807, 2.05) is 4.90 Å². The Labute approximate surface area is 47.7 Å². The highest BCUT2D eigenvalue weighted by Crippen LogP contribution is 2.34. The van der Waals surface area contributed by atoms with Gasteiger partial charge in [-0.3, -0.25) is 0 Å². The first-order valence-corrected chi connectivity index (χ1v) is 2.78. The van der Waals surface area contributed by atoms with Crippen molar-refractivity contribution < 1.29 is 4.79 Å². The van der Waals surface area contributed by atoms with Crippen LogP contribution in [0.5, 0.6) is 0 Å². The second kappa shape index (κ2) is 0.855. The molecule has 0 bridgehead atoms. The number of fused-ring (bicyclic) bond motifs is 1. The maximum Gasteiger partial charge on any atom is 0.318 e. The molecule has 0 aliphatic carbocycles. The Bertz CT molecular complexity index is 157. The maximum atomic E-state index is 10.6. The van der Waals surface area contributed by atoms with Crippen molar-refractivity contribution in [1.82, 2.24) is 10.2 Å². The molecule has 2 fully saturated rings. The molecule has 2 heterocycles. The molecule has 0 aromatic heterocycles. The molecule has 1 unspecified atom stereocenters. The molecular weight excluding hydrogens is 104 g/mol. The van der Waals surface area contributed by atoms with Crippen molar-refractivity contribution in [3.8, 4) is 0 Å². The highest BCUT2D eigenvalue weighted by Gasteiger charge is 2.55. The second-order valence-electron chi connectivity index (χ2n) is 2.74. The van der Waals surface area contributed by atoms with Crippen LogP contribution in [-0.4, -0.2) is 29.6 Å². The van der Waals surface area contributed by atoms with Crippen molar-refractivity contribution in [2.45, 2.75) is 12.5 Å². The summed E-state index contributed by atoms with van der Waals surface area (Å²) in [5.41, 5.74) is 0.205. The Hall–Kier alpha value is -0.730. The molecule has 0 radical (unpaired) electrons. The van der Waals surface area contributed by atoms with E-state index in [-0.39, 0.29) is 11.6 Å². The van der Waals surface area contributed by atoms with E-state index in [4.69, 9.17) is 0 Å². The molecule has 2 aliphatic heterocycles. The standard InChI is InChI=1S/C5H8N2O/c1-5-2-6-4(8)7(5)3-5/h2-3H2,1H3,(H,6,8). The Kier molecular flexibility index (Phi) is 0.447. The summed E-state index contributed by atoms with van der Waals surface area (Å²) in [5, 5.41) is 2.75. The first-order chi connectivity index (χ1) is 3.72. The van der Waals surface area contributed by atoms with Gasteiger partial charge in [0.25, 0.3) is 0 Å². The zero-order valence-electron chi connectivity index (χ0n) is 4.77. The largest absolute Gasteiger partial charge is 0.336 e. The van der Waals surface area contributed by atoms with E-state index in [2.05, 4.69) is 12.2 Å². The molecule has 2 saturated heterocycles. The number of carbonyl (C=O) groups excluding carboxylic acids is 1. The molecule has 3 nitrogen and oxygen atoms in total. The summed E-state index contributed by atoms with van der Waals surface area (Å²) < 4.78 is 0. The monoisotopic (exact) mass is 112 g/mol. The summed E-state index contributed by atoms with van der Waals surface area (Å²) in [6.45, 7) is 3.88. The summed E-state index contributed by atoms with van der Waals surface area (Å²) in [6.07, 6.45) is 0. The van der Waals surface area contributed by atoms with Gasteiger partial charge < -0.3 is 10.2 Å². The van der Waals surface area contributed by atoms with Gasteiger partial charge in [0.05, 0.1) is 5.54 Å². The number of hydrogen-bond donors (Lipinski definition) is 1. The van der Waals surface area contributed by atoms with E-state index in [0.717, 1.165) is 13.1 Å². The van der Waals surface area contributed by atoms with Crippen LogP contribution in [0, 0.1) is 0 Å². The predicted molar refractivity (Wildman–Crippen MR) is 28.5 cm³/mol. The number of hydrogen-bond acceptors (Lipinski definition) is 1. The molecular formula is C5H8N2O. The highest BCUT2D eigenvalue weighted by molar-refractivity contribution is 5.81. The minimum absolute atomic E-state index is 0.104. The van der Waals surface area contributed by atoms with Gasteiger partial charge in [-0.05, 0) is 6.92 Å². The number of nitrogens with zero attached hydrogens (tertiary/aromatic N) is 1. The number of carbonyl (C=O) groups is 1. The predicted octanol–water partition coefficient (Wildman–Crippen LogP) is -0.216. The summed E-state index contributed by atoms with van der Waals surface area (Å²) in [4.78, 5) is 12.5. The topological polar surface area (TPSA) is 32.1 Å². The third kappa shape index (κ3) is 0.288. The Balaban J connectivity index is 2.26. The molecule has 1 N–H and O–H groups in total. The van der Waals surface area contributed by atoms with Crippen LogP contribution >= 0.6 is 0 Å². The average Bonchev–Trinajstić information content (AvgIpc) is 2.32. The lowest BCUT2D eigenvalue weighted by Gasteiger charge is -1.93. The van der Waals surface area contributed by atoms with E-state index in [1.54, 1.807) is 0 Å². The van der Waals surface area contributed by atoms with Crippen molar-refractivity contribution in [2.24, 2.45) is 0 Å².